The van der Waals surface area contributed by atoms with E-state index in [1.807, 2.05) is 0 Å². The maximum absolute atomic E-state index is 13.1. The topological polar surface area (TPSA) is 72.2 Å². The fourth-order valence-corrected chi connectivity index (χ4v) is 6.19. The van der Waals surface area contributed by atoms with Crippen LogP contribution in [0.5, 0.6) is 0 Å². The second-order valence-corrected chi connectivity index (χ2v) is 8.99. The van der Waals surface area contributed by atoms with Crippen molar-refractivity contribution in [3.8, 4) is 0 Å². The zero-order valence-electron chi connectivity index (χ0n) is 15.2. The Morgan fingerprint density at radius 2 is 1.72 bits per heavy atom. The third-order valence-corrected chi connectivity index (χ3v) is 6.98. The molecule has 4 bridgehead atoms. The zero-order valence-corrected chi connectivity index (χ0v) is 15.2. The van der Waals surface area contributed by atoms with Crippen LogP contribution >= 0.6 is 0 Å². The maximum atomic E-state index is 13.1. The van der Waals surface area contributed by atoms with E-state index in [4.69, 9.17) is 5.73 Å². The lowest BCUT2D eigenvalue weighted by Crippen LogP contribution is -2.60. The fraction of sp³-hybridized carbons (Fsp3) is 0.619. The van der Waals surface area contributed by atoms with E-state index in [0.29, 0.717) is 11.8 Å². The Hall–Kier alpha value is -1.84. The molecule has 4 nitrogen and oxygen atoms in total. The Balaban J connectivity index is 1.66. The number of carbonyl (C=O) groups excluding carboxylic acids is 2. The quantitative estimate of drug-likeness (QED) is 0.884. The van der Waals surface area contributed by atoms with Gasteiger partial charge in [0.1, 0.15) is 6.04 Å². The van der Waals surface area contributed by atoms with Crippen LogP contribution in [0.1, 0.15) is 56.6 Å². The van der Waals surface area contributed by atoms with Crippen LogP contribution in [0.25, 0.3) is 0 Å². The van der Waals surface area contributed by atoms with Crippen LogP contribution in [-0.2, 0) is 15.0 Å². The van der Waals surface area contributed by atoms with E-state index < -0.39 is 11.9 Å². The molecule has 4 fully saturated rings. The first-order valence-electron chi connectivity index (χ1n) is 9.49. The third-order valence-electron chi connectivity index (χ3n) is 6.98. The van der Waals surface area contributed by atoms with Gasteiger partial charge in [-0.25, -0.2) is 0 Å². The molecule has 1 aromatic carbocycles. The van der Waals surface area contributed by atoms with Crippen LogP contribution in [-0.4, -0.2) is 17.9 Å². The van der Waals surface area contributed by atoms with E-state index >= 15 is 0 Å². The van der Waals surface area contributed by atoms with Crippen LogP contribution in [0.15, 0.2) is 24.3 Å². The Morgan fingerprint density at radius 3 is 2.28 bits per heavy atom. The summed E-state index contributed by atoms with van der Waals surface area (Å²) in [6, 6.07) is 8.31. The summed E-state index contributed by atoms with van der Waals surface area (Å²) >= 11 is 0. The standard InChI is InChI=1S/C21H28N2O2/c1-13-3-5-17(6-4-13)20-8-15-7-16(9-20)11-21(10-15,12-20)19(25)23-14(2)18(22)24/h3-6,14-16H,7-12H2,1-2H3,(H2,22,24)(H,23,25)/t14-,15-,16-,20?,21?/m1/s1. The summed E-state index contributed by atoms with van der Waals surface area (Å²) in [5.41, 5.74) is 7.83. The van der Waals surface area contributed by atoms with Gasteiger partial charge in [0.15, 0.2) is 0 Å². The summed E-state index contributed by atoms with van der Waals surface area (Å²) in [5, 5.41) is 2.90. The van der Waals surface area contributed by atoms with Crippen molar-refractivity contribution in [1.29, 1.82) is 0 Å². The van der Waals surface area contributed by atoms with E-state index in [1.54, 1.807) is 6.92 Å². The van der Waals surface area contributed by atoms with Crippen LogP contribution in [0.2, 0.25) is 0 Å². The largest absolute Gasteiger partial charge is 0.368 e. The van der Waals surface area contributed by atoms with Crippen molar-refractivity contribution in [3.05, 3.63) is 35.4 Å². The highest BCUT2D eigenvalue weighted by molar-refractivity contribution is 5.89. The van der Waals surface area contributed by atoms with Crippen LogP contribution in [0.4, 0.5) is 0 Å². The van der Waals surface area contributed by atoms with E-state index in [2.05, 4.69) is 36.5 Å². The molecule has 25 heavy (non-hydrogen) atoms. The number of carbonyl (C=O) groups is 2. The number of primary amides is 1. The molecule has 134 valence electrons. The fourth-order valence-electron chi connectivity index (χ4n) is 6.19. The van der Waals surface area contributed by atoms with Crippen molar-refractivity contribution in [1.82, 2.24) is 5.32 Å². The second kappa shape index (κ2) is 5.58. The Morgan fingerprint density at radius 1 is 1.12 bits per heavy atom. The molecule has 1 aromatic rings. The first kappa shape index (κ1) is 16.6. The summed E-state index contributed by atoms with van der Waals surface area (Å²) in [7, 11) is 0. The molecule has 3 N–H and O–H groups in total. The highest BCUT2D eigenvalue weighted by atomic mass is 16.2. The first-order valence-corrected chi connectivity index (χ1v) is 9.49. The minimum absolute atomic E-state index is 0.0457. The average molecular weight is 340 g/mol. The number of rotatable bonds is 4. The summed E-state index contributed by atoms with van der Waals surface area (Å²) in [5.74, 6) is 0.824. The van der Waals surface area contributed by atoms with Gasteiger partial charge in [0.25, 0.3) is 0 Å². The predicted molar refractivity (Wildman–Crippen MR) is 96.8 cm³/mol. The molecule has 0 spiro atoms. The van der Waals surface area contributed by atoms with Gasteiger partial charge in [0.05, 0.1) is 5.41 Å². The van der Waals surface area contributed by atoms with E-state index in [9.17, 15) is 9.59 Å². The molecule has 2 amide bonds. The molecule has 0 aromatic heterocycles. The second-order valence-electron chi connectivity index (χ2n) is 8.99. The molecule has 0 radical (unpaired) electrons. The van der Waals surface area contributed by atoms with E-state index in [0.717, 1.165) is 19.3 Å². The zero-order chi connectivity index (χ0) is 17.8. The van der Waals surface area contributed by atoms with Gasteiger partial charge >= 0.3 is 0 Å². The number of nitrogens with one attached hydrogen (secondary N) is 1. The molecular weight excluding hydrogens is 312 g/mol. The molecule has 3 atom stereocenters. The molecule has 4 aliphatic rings. The van der Waals surface area contributed by atoms with Crippen LogP contribution < -0.4 is 11.1 Å². The van der Waals surface area contributed by atoms with Crippen molar-refractivity contribution < 1.29 is 9.59 Å². The third kappa shape index (κ3) is 2.66. The van der Waals surface area contributed by atoms with Gasteiger partial charge < -0.3 is 11.1 Å². The molecule has 0 heterocycles. The Labute approximate surface area is 149 Å². The minimum Gasteiger partial charge on any atom is -0.368 e. The summed E-state index contributed by atoms with van der Waals surface area (Å²) in [6.45, 7) is 3.79. The molecule has 4 saturated carbocycles. The van der Waals surface area contributed by atoms with Gasteiger partial charge in [-0.3, -0.25) is 9.59 Å². The normalized spacial score (nSPS) is 36.9. The number of aryl methyl sites for hydroxylation is 1. The van der Waals surface area contributed by atoms with Crippen molar-refractivity contribution in [2.75, 3.05) is 0 Å². The van der Waals surface area contributed by atoms with Crippen molar-refractivity contribution >= 4 is 11.8 Å². The number of hydrogen-bond donors (Lipinski definition) is 2. The number of nitrogens with two attached hydrogens (primary N) is 1. The van der Waals surface area contributed by atoms with Gasteiger partial charge in [0.2, 0.25) is 11.8 Å². The minimum atomic E-state index is -0.601. The van der Waals surface area contributed by atoms with E-state index in [-0.39, 0.29) is 16.7 Å². The molecule has 0 unspecified atom stereocenters. The summed E-state index contributed by atoms with van der Waals surface area (Å²) in [6.07, 6.45) is 6.50. The lowest BCUT2D eigenvalue weighted by atomic mass is 9.42. The molecule has 4 aliphatic carbocycles. The molecular formula is C21H28N2O2. The highest BCUT2D eigenvalue weighted by Gasteiger charge is 2.61. The van der Waals surface area contributed by atoms with Crippen LogP contribution in [0.3, 0.4) is 0 Å². The van der Waals surface area contributed by atoms with Gasteiger partial charge in [-0.05, 0) is 75.2 Å². The van der Waals surface area contributed by atoms with Crippen LogP contribution in [0, 0.1) is 24.2 Å². The lowest BCUT2D eigenvalue weighted by molar-refractivity contribution is -0.150. The monoisotopic (exact) mass is 340 g/mol. The lowest BCUT2D eigenvalue weighted by Gasteiger charge is -2.61. The molecule has 5 rings (SSSR count). The number of hydrogen-bond acceptors (Lipinski definition) is 2. The molecule has 0 saturated heterocycles. The number of amides is 2. The Kier molecular flexibility index (Phi) is 3.71. The number of benzene rings is 1. The summed E-state index contributed by atoms with van der Waals surface area (Å²) in [4.78, 5) is 24.5. The smallest absolute Gasteiger partial charge is 0.239 e. The van der Waals surface area contributed by atoms with Gasteiger partial charge in [-0.1, -0.05) is 29.8 Å². The predicted octanol–water partition coefficient (Wildman–Crippen LogP) is 2.82. The SMILES string of the molecule is Cc1ccc(C23C[C@H]4C[C@@H](CC(C(=O)N[C@H](C)C(N)=O)(C4)C2)C3)cc1. The van der Waals surface area contributed by atoms with Crippen molar-refractivity contribution in [3.63, 3.8) is 0 Å². The Bertz CT molecular complexity index is 695. The first-order chi connectivity index (χ1) is 11.8. The van der Waals surface area contributed by atoms with E-state index in [1.165, 1.54) is 30.4 Å². The van der Waals surface area contributed by atoms with Gasteiger partial charge in [-0.15, -0.1) is 0 Å². The van der Waals surface area contributed by atoms with Gasteiger partial charge in [0, 0.05) is 0 Å². The van der Waals surface area contributed by atoms with Gasteiger partial charge in [-0.2, -0.15) is 0 Å². The van der Waals surface area contributed by atoms with Crippen molar-refractivity contribution in [2.45, 2.75) is 63.8 Å². The summed E-state index contributed by atoms with van der Waals surface area (Å²) < 4.78 is 0. The average Bonchev–Trinajstić information content (AvgIpc) is 2.53. The highest BCUT2D eigenvalue weighted by Crippen LogP contribution is 2.65. The van der Waals surface area contributed by atoms with Crippen molar-refractivity contribution in [2.24, 2.45) is 23.0 Å². The molecule has 4 heteroatoms. The molecule has 0 aliphatic heterocycles. The maximum Gasteiger partial charge on any atom is 0.239 e.